The van der Waals surface area contributed by atoms with Crippen molar-refractivity contribution in [3.05, 3.63) is 59.6 Å². The van der Waals surface area contributed by atoms with Gasteiger partial charge in [-0.2, -0.15) is 0 Å². The first-order valence-electron chi connectivity index (χ1n) is 16.3. The molecule has 0 aliphatic heterocycles. The minimum Gasteiger partial charge on any atom is -0.493 e. The van der Waals surface area contributed by atoms with E-state index in [0.717, 1.165) is 4.90 Å². The van der Waals surface area contributed by atoms with Crippen molar-refractivity contribution in [2.24, 2.45) is 0 Å². The maximum absolute atomic E-state index is 13.5. The first-order valence-corrected chi connectivity index (χ1v) is 18.6. The second kappa shape index (κ2) is 17.4. The summed E-state index contributed by atoms with van der Waals surface area (Å²) in [5.74, 6) is 0.488. The number of carbonyl (C=O) groups is 2. The van der Waals surface area contributed by atoms with Crippen LogP contribution in [0.4, 0.5) is 25.8 Å². The fraction of sp³-hybridized carbons (Fsp3) is 0.441. The van der Waals surface area contributed by atoms with Crippen LogP contribution in [0.15, 0.2) is 48.9 Å². The van der Waals surface area contributed by atoms with E-state index in [1.54, 1.807) is 65.9 Å². The van der Waals surface area contributed by atoms with Crippen molar-refractivity contribution in [1.82, 2.24) is 19.9 Å². The van der Waals surface area contributed by atoms with E-state index >= 15 is 0 Å². The first kappa shape index (κ1) is 40.4. The lowest BCUT2D eigenvalue weighted by molar-refractivity contribution is -0.115. The molecule has 0 aliphatic rings. The summed E-state index contributed by atoms with van der Waals surface area (Å²) in [5, 5.41) is 16.7. The summed E-state index contributed by atoms with van der Waals surface area (Å²) in [6.45, 7) is 10.3. The van der Waals surface area contributed by atoms with Crippen LogP contribution in [-0.4, -0.2) is 81.6 Å². The molecular weight excluding hydrogens is 718 g/mol. The molecule has 0 unspecified atom stereocenters. The van der Waals surface area contributed by atoms with Gasteiger partial charge in [0.1, 0.15) is 18.0 Å². The lowest BCUT2D eigenvalue weighted by Gasteiger charge is -2.31. The molecule has 0 bridgehead atoms. The summed E-state index contributed by atoms with van der Waals surface area (Å²) in [5.41, 5.74) is -0.732. The van der Waals surface area contributed by atoms with Crippen LogP contribution in [0.3, 0.4) is 0 Å². The minimum absolute atomic E-state index is 0.0494. The highest BCUT2D eigenvalue weighted by Crippen LogP contribution is 2.55. The van der Waals surface area contributed by atoms with Gasteiger partial charge in [-0.3, -0.25) is 18.4 Å². The van der Waals surface area contributed by atoms with Gasteiger partial charge >= 0.3 is 13.9 Å². The predicted octanol–water partition coefficient (Wildman–Crippen LogP) is 7.66. The van der Waals surface area contributed by atoms with Crippen molar-refractivity contribution in [2.75, 3.05) is 44.0 Å². The third kappa shape index (κ3) is 12.7. The lowest BCUT2D eigenvalue weighted by atomic mass is 10.2. The van der Waals surface area contributed by atoms with Crippen LogP contribution in [0.25, 0.3) is 10.9 Å². The Kier molecular flexibility index (Phi) is 13.5. The second-order valence-corrected chi connectivity index (χ2v) is 16.0. The first-order chi connectivity index (χ1) is 24.4. The lowest BCUT2D eigenvalue weighted by Crippen LogP contribution is -2.34. The Morgan fingerprint density at radius 3 is 2.37 bits per heavy atom. The van der Waals surface area contributed by atoms with Crippen LogP contribution >= 0.6 is 19.2 Å². The number of phosphoric ester groups is 1. The molecule has 0 saturated carbocycles. The number of ether oxygens (including phenoxy) is 2. The predicted molar refractivity (Wildman–Crippen MR) is 195 cm³/mol. The van der Waals surface area contributed by atoms with E-state index in [0.29, 0.717) is 50.3 Å². The van der Waals surface area contributed by atoms with Crippen molar-refractivity contribution in [3.63, 3.8) is 0 Å². The highest BCUT2D eigenvalue weighted by molar-refractivity contribution is 7.48. The number of hydrogen-bond acceptors (Lipinski definition) is 13. The van der Waals surface area contributed by atoms with Crippen molar-refractivity contribution in [3.8, 4) is 11.5 Å². The summed E-state index contributed by atoms with van der Waals surface area (Å²) in [4.78, 5) is 39.3. The highest BCUT2D eigenvalue weighted by atomic mass is 32.1. The van der Waals surface area contributed by atoms with Gasteiger partial charge in [0.15, 0.2) is 16.6 Å². The Bertz CT molecular complexity index is 1880. The molecule has 0 radical (unpaired) electrons. The molecular formula is C34H44FN6O9PS. The number of methoxy groups -OCH3 is 1. The molecule has 0 atom stereocenters. The fourth-order valence-corrected chi connectivity index (χ4v) is 7.26. The van der Waals surface area contributed by atoms with E-state index in [2.05, 4.69) is 25.6 Å². The number of hydrogen-bond donors (Lipinski definition) is 3. The van der Waals surface area contributed by atoms with Crippen LogP contribution in [0, 0.1) is 5.82 Å². The molecule has 0 fully saturated rings. The summed E-state index contributed by atoms with van der Waals surface area (Å²) in [6, 6.07) is 9.06. The summed E-state index contributed by atoms with van der Waals surface area (Å²) >= 11 is 1.27. The standard InChI is InChI=1S/C34H44FN6O9PS/c1-33(2,3)49-51(45,50-34(4,5)6)48-15-13-41(32(43)44)12-9-14-47-28-19-26-25(18-27(28)46-7)30(38-21-37-26)40-31-36-20-24(52-31)17-29(42)39-23-11-8-10-22(35)16-23/h8,10-11,16,18-21H,9,12-15,17H2,1-7H3,(H,39,42)(H,43,44)(H,36,37,38,40). The van der Waals surface area contributed by atoms with E-state index in [-0.39, 0.29) is 38.6 Å². The van der Waals surface area contributed by atoms with E-state index in [1.165, 1.54) is 43.0 Å². The van der Waals surface area contributed by atoms with E-state index < -0.39 is 30.9 Å². The van der Waals surface area contributed by atoms with Crippen LogP contribution in [0.2, 0.25) is 0 Å². The minimum atomic E-state index is -3.99. The molecule has 52 heavy (non-hydrogen) atoms. The van der Waals surface area contributed by atoms with Gasteiger partial charge in [-0.05, 0) is 72.2 Å². The molecule has 2 heterocycles. The van der Waals surface area contributed by atoms with Gasteiger partial charge in [-0.25, -0.2) is 28.7 Å². The van der Waals surface area contributed by atoms with Gasteiger partial charge in [-0.15, -0.1) is 11.3 Å². The SMILES string of the molecule is COc1cc2c(Nc3ncc(CC(=O)Nc4cccc(F)c4)s3)ncnc2cc1OCCCN(CCOP(=O)(OC(C)(C)C)OC(C)(C)C)C(=O)O. The molecule has 15 nitrogen and oxygen atoms in total. The Hall–Kier alpha value is -4.41. The molecule has 3 N–H and O–H groups in total. The smallest absolute Gasteiger partial charge is 0.475 e. The van der Waals surface area contributed by atoms with E-state index in [1.807, 2.05) is 0 Å². The molecule has 2 aromatic heterocycles. The summed E-state index contributed by atoms with van der Waals surface area (Å²) in [7, 11) is -2.50. The van der Waals surface area contributed by atoms with E-state index in [4.69, 9.17) is 23.0 Å². The molecule has 18 heteroatoms. The molecule has 0 spiro atoms. The number of nitrogens with zero attached hydrogens (tertiary/aromatic N) is 4. The Labute approximate surface area is 305 Å². The van der Waals surface area contributed by atoms with Crippen molar-refractivity contribution >= 4 is 58.7 Å². The zero-order chi connectivity index (χ0) is 38.1. The molecule has 282 valence electrons. The summed E-state index contributed by atoms with van der Waals surface area (Å²) < 4.78 is 55.0. The van der Waals surface area contributed by atoms with Crippen molar-refractivity contribution in [2.45, 2.75) is 65.6 Å². The Morgan fingerprint density at radius 2 is 1.71 bits per heavy atom. The third-order valence-electron chi connectivity index (χ3n) is 6.63. The zero-order valence-corrected chi connectivity index (χ0v) is 31.8. The zero-order valence-electron chi connectivity index (χ0n) is 30.1. The number of benzene rings is 2. The number of carbonyl (C=O) groups excluding carboxylic acids is 1. The number of rotatable bonds is 17. The average Bonchev–Trinajstić information content (AvgIpc) is 3.46. The maximum Gasteiger partial charge on any atom is 0.475 e. The second-order valence-electron chi connectivity index (χ2n) is 13.4. The quantitative estimate of drug-likeness (QED) is 0.0704. The molecule has 0 aliphatic carbocycles. The average molecular weight is 763 g/mol. The maximum atomic E-state index is 13.5. The number of anilines is 3. The van der Waals surface area contributed by atoms with Crippen LogP contribution in [-0.2, 0) is 29.4 Å². The Morgan fingerprint density at radius 1 is 0.981 bits per heavy atom. The number of nitrogens with one attached hydrogen (secondary N) is 2. The topological polar surface area (TPSA) is 184 Å². The number of amides is 2. The normalized spacial score (nSPS) is 12.1. The number of fused-ring (bicyclic) bond motifs is 1. The third-order valence-corrected chi connectivity index (χ3v) is 9.58. The molecule has 4 rings (SSSR count). The summed E-state index contributed by atoms with van der Waals surface area (Å²) in [6.07, 6.45) is 2.16. The fourth-order valence-electron chi connectivity index (χ4n) is 4.66. The van der Waals surface area contributed by atoms with Crippen LogP contribution < -0.4 is 20.1 Å². The Balaban J connectivity index is 1.34. The monoisotopic (exact) mass is 762 g/mol. The highest BCUT2D eigenvalue weighted by Gasteiger charge is 2.37. The number of carboxylic acid groups (broad SMARTS) is 1. The van der Waals surface area contributed by atoms with E-state index in [9.17, 15) is 23.7 Å². The largest absolute Gasteiger partial charge is 0.493 e. The molecule has 2 aromatic carbocycles. The van der Waals surface area contributed by atoms with Crippen LogP contribution in [0.5, 0.6) is 11.5 Å². The number of halogens is 1. The molecule has 2 amide bonds. The number of phosphoric acid groups is 1. The van der Waals surface area contributed by atoms with Gasteiger partial charge in [0.2, 0.25) is 5.91 Å². The van der Waals surface area contributed by atoms with Gasteiger partial charge in [-0.1, -0.05) is 6.07 Å². The van der Waals surface area contributed by atoms with Gasteiger partial charge in [0.05, 0.1) is 43.5 Å². The number of thiazole rings is 1. The van der Waals surface area contributed by atoms with Gasteiger partial charge < -0.3 is 30.1 Å². The van der Waals surface area contributed by atoms with Crippen molar-refractivity contribution in [1.29, 1.82) is 0 Å². The van der Waals surface area contributed by atoms with Gasteiger partial charge in [0, 0.05) is 41.3 Å². The number of aromatic nitrogens is 3. The molecule has 4 aromatic rings. The molecule has 0 saturated heterocycles. The van der Waals surface area contributed by atoms with Crippen molar-refractivity contribution < 1.29 is 46.7 Å². The van der Waals surface area contributed by atoms with Crippen LogP contribution in [0.1, 0.15) is 52.8 Å². The van der Waals surface area contributed by atoms with Gasteiger partial charge in [0.25, 0.3) is 0 Å².